The number of carbonyl (C=O) groups is 1. The summed E-state index contributed by atoms with van der Waals surface area (Å²) in [7, 11) is 0. The topological polar surface area (TPSA) is 62.2 Å². The van der Waals surface area contributed by atoms with Gasteiger partial charge >= 0.3 is 0 Å². The summed E-state index contributed by atoms with van der Waals surface area (Å²) in [6, 6.07) is 0. The first-order chi connectivity index (χ1) is 10.3. The Hall–Kier alpha value is -1.38. The molecular weight excluding hydrogens is 284 g/mol. The quantitative estimate of drug-likeness (QED) is 0.541. The van der Waals surface area contributed by atoms with Gasteiger partial charge in [0.2, 0.25) is 5.91 Å². The second-order valence-electron chi connectivity index (χ2n) is 4.91. The molecule has 0 unspecified atom stereocenters. The van der Waals surface area contributed by atoms with Crippen LogP contribution in [0.2, 0.25) is 0 Å². The molecule has 5 heteroatoms. The van der Waals surface area contributed by atoms with Crippen LogP contribution in [0.3, 0.4) is 0 Å². The summed E-state index contributed by atoms with van der Waals surface area (Å²) in [6.45, 7) is 2.04. The Kier molecular flexibility index (Phi) is 9.51. The standard InChI is InChI=1S/C16H24N2O2S/c1-2-3-4-5-6-7-8-11-15(20)18-16-17-13-14(21-16)10-9-12-19/h13,19H,2-8,11-12H2,1H3,(H,17,18,20). The van der Waals surface area contributed by atoms with Gasteiger partial charge in [0.15, 0.2) is 5.13 Å². The Labute approximate surface area is 131 Å². The van der Waals surface area contributed by atoms with Crippen LogP contribution < -0.4 is 5.32 Å². The smallest absolute Gasteiger partial charge is 0.226 e. The number of unbranched alkanes of at least 4 members (excludes halogenated alkanes) is 6. The number of aliphatic hydroxyl groups excluding tert-OH is 1. The lowest BCUT2D eigenvalue weighted by atomic mass is 10.1. The number of carbonyl (C=O) groups excluding carboxylic acids is 1. The molecular formula is C16H24N2O2S. The van der Waals surface area contributed by atoms with E-state index >= 15 is 0 Å². The van der Waals surface area contributed by atoms with Crippen molar-refractivity contribution in [1.82, 2.24) is 4.98 Å². The third-order valence-electron chi connectivity index (χ3n) is 3.05. The van der Waals surface area contributed by atoms with E-state index in [1.807, 2.05) is 0 Å². The van der Waals surface area contributed by atoms with Crippen LogP contribution in [0.15, 0.2) is 6.20 Å². The largest absolute Gasteiger partial charge is 0.384 e. The van der Waals surface area contributed by atoms with E-state index in [0.717, 1.165) is 17.7 Å². The van der Waals surface area contributed by atoms with E-state index < -0.39 is 0 Å². The Morgan fingerprint density at radius 3 is 2.71 bits per heavy atom. The van der Waals surface area contributed by atoms with Gasteiger partial charge in [-0.05, 0) is 6.42 Å². The monoisotopic (exact) mass is 308 g/mol. The number of amides is 1. The highest BCUT2D eigenvalue weighted by Gasteiger charge is 2.05. The summed E-state index contributed by atoms with van der Waals surface area (Å²) in [5.41, 5.74) is 0. The first-order valence-electron chi connectivity index (χ1n) is 7.61. The Bertz CT molecular complexity index is 474. The summed E-state index contributed by atoms with van der Waals surface area (Å²) in [6.07, 6.45) is 10.6. The normalized spacial score (nSPS) is 10.0. The third-order valence-corrected chi connectivity index (χ3v) is 3.88. The van der Waals surface area contributed by atoms with Crippen molar-refractivity contribution in [2.75, 3.05) is 11.9 Å². The Balaban J connectivity index is 2.14. The van der Waals surface area contributed by atoms with Crippen molar-refractivity contribution in [2.45, 2.75) is 58.3 Å². The van der Waals surface area contributed by atoms with E-state index in [4.69, 9.17) is 5.11 Å². The summed E-state index contributed by atoms with van der Waals surface area (Å²) in [5.74, 6) is 5.34. The van der Waals surface area contributed by atoms with Crippen molar-refractivity contribution >= 4 is 22.4 Å². The number of thiazole rings is 1. The van der Waals surface area contributed by atoms with Crippen LogP contribution in [0.1, 0.15) is 63.2 Å². The van der Waals surface area contributed by atoms with Crippen LogP contribution in [0, 0.1) is 11.8 Å². The molecule has 0 saturated carbocycles. The zero-order chi connectivity index (χ0) is 15.3. The fourth-order valence-electron chi connectivity index (χ4n) is 1.94. The first-order valence-corrected chi connectivity index (χ1v) is 8.43. The fraction of sp³-hybridized carbons (Fsp3) is 0.625. The number of anilines is 1. The van der Waals surface area contributed by atoms with Crippen LogP contribution in [-0.2, 0) is 4.79 Å². The molecule has 0 saturated heterocycles. The highest BCUT2D eigenvalue weighted by Crippen LogP contribution is 2.17. The Morgan fingerprint density at radius 1 is 1.29 bits per heavy atom. The van der Waals surface area contributed by atoms with Gasteiger partial charge < -0.3 is 10.4 Å². The van der Waals surface area contributed by atoms with Gasteiger partial charge in [-0.2, -0.15) is 0 Å². The van der Waals surface area contributed by atoms with E-state index in [0.29, 0.717) is 11.6 Å². The van der Waals surface area contributed by atoms with E-state index in [1.54, 1.807) is 6.20 Å². The molecule has 1 rings (SSSR count). The van der Waals surface area contributed by atoms with Gasteiger partial charge in [-0.25, -0.2) is 4.98 Å². The molecule has 0 fully saturated rings. The minimum Gasteiger partial charge on any atom is -0.384 e. The Morgan fingerprint density at radius 2 is 2.00 bits per heavy atom. The minimum atomic E-state index is -0.169. The molecule has 116 valence electrons. The van der Waals surface area contributed by atoms with Crippen molar-refractivity contribution in [2.24, 2.45) is 0 Å². The van der Waals surface area contributed by atoms with Gasteiger partial charge in [-0.15, -0.1) is 0 Å². The number of nitrogens with zero attached hydrogens (tertiary/aromatic N) is 1. The van der Waals surface area contributed by atoms with Crippen molar-refractivity contribution in [1.29, 1.82) is 0 Å². The maximum Gasteiger partial charge on any atom is 0.226 e. The zero-order valence-corrected chi connectivity index (χ0v) is 13.5. The summed E-state index contributed by atoms with van der Waals surface area (Å²) in [4.78, 5) is 16.6. The predicted molar refractivity (Wildman–Crippen MR) is 87.3 cm³/mol. The van der Waals surface area contributed by atoms with Gasteiger partial charge in [0.25, 0.3) is 0 Å². The molecule has 1 heterocycles. The molecule has 0 aliphatic heterocycles. The fourth-order valence-corrected chi connectivity index (χ4v) is 2.65. The molecule has 1 aromatic rings. The molecule has 0 bridgehead atoms. The summed E-state index contributed by atoms with van der Waals surface area (Å²) >= 11 is 1.33. The van der Waals surface area contributed by atoms with Crippen LogP contribution >= 0.6 is 11.3 Å². The van der Waals surface area contributed by atoms with Crippen LogP contribution in [0.5, 0.6) is 0 Å². The maximum absolute atomic E-state index is 11.8. The number of nitrogens with one attached hydrogen (secondary N) is 1. The van der Waals surface area contributed by atoms with Crippen molar-refractivity contribution < 1.29 is 9.90 Å². The van der Waals surface area contributed by atoms with E-state index in [9.17, 15) is 4.79 Å². The lowest BCUT2D eigenvalue weighted by Crippen LogP contribution is -2.10. The van der Waals surface area contributed by atoms with Gasteiger partial charge in [0.1, 0.15) is 6.61 Å². The number of hydrogen-bond acceptors (Lipinski definition) is 4. The first kappa shape index (κ1) is 17.7. The lowest BCUT2D eigenvalue weighted by molar-refractivity contribution is -0.116. The predicted octanol–water partition coefficient (Wildman–Crippen LogP) is 3.57. The van der Waals surface area contributed by atoms with Crippen molar-refractivity contribution in [3.05, 3.63) is 11.1 Å². The summed E-state index contributed by atoms with van der Waals surface area (Å²) in [5, 5.41) is 12.0. The zero-order valence-electron chi connectivity index (χ0n) is 12.7. The number of aliphatic hydroxyl groups is 1. The number of rotatable bonds is 9. The van der Waals surface area contributed by atoms with Crippen LogP contribution in [0.25, 0.3) is 0 Å². The van der Waals surface area contributed by atoms with E-state index in [1.165, 1.54) is 43.4 Å². The molecule has 4 nitrogen and oxygen atoms in total. The molecule has 2 N–H and O–H groups in total. The summed E-state index contributed by atoms with van der Waals surface area (Å²) < 4.78 is 0. The molecule has 0 spiro atoms. The van der Waals surface area contributed by atoms with Crippen molar-refractivity contribution in [3.8, 4) is 11.8 Å². The molecule has 0 aliphatic carbocycles. The average molecular weight is 308 g/mol. The molecule has 0 aliphatic rings. The third kappa shape index (κ3) is 8.49. The van der Waals surface area contributed by atoms with Gasteiger partial charge in [0.05, 0.1) is 11.1 Å². The molecule has 1 aromatic heterocycles. The van der Waals surface area contributed by atoms with Crippen LogP contribution in [-0.4, -0.2) is 22.6 Å². The molecule has 0 atom stereocenters. The minimum absolute atomic E-state index is 0.0135. The average Bonchev–Trinajstić information content (AvgIpc) is 2.91. The second kappa shape index (κ2) is 11.3. The second-order valence-corrected chi connectivity index (χ2v) is 5.94. The highest BCUT2D eigenvalue weighted by atomic mass is 32.1. The molecule has 1 amide bonds. The van der Waals surface area contributed by atoms with E-state index in [2.05, 4.69) is 29.1 Å². The molecule has 0 radical (unpaired) electrons. The molecule has 0 aromatic carbocycles. The van der Waals surface area contributed by atoms with Gasteiger partial charge in [-0.3, -0.25) is 4.79 Å². The van der Waals surface area contributed by atoms with E-state index in [-0.39, 0.29) is 12.5 Å². The van der Waals surface area contributed by atoms with Gasteiger partial charge in [-0.1, -0.05) is 68.6 Å². The SMILES string of the molecule is CCCCCCCCCC(=O)Nc1ncc(C#CCO)s1. The van der Waals surface area contributed by atoms with Crippen LogP contribution in [0.4, 0.5) is 5.13 Å². The maximum atomic E-state index is 11.8. The highest BCUT2D eigenvalue weighted by molar-refractivity contribution is 7.16. The number of hydrogen-bond donors (Lipinski definition) is 2. The van der Waals surface area contributed by atoms with Crippen molar-refractivity contribution in [3.63, 3.8) is 0 Å². The lowest BCUT2D eigenvalue weighted by Gasteiger charge is -2.02. The molecule has 21 heavy (non-hydrogen) atoms. The number of aromatic nitrogens is 1. The van der Waals surface area contributed by atoms with Gasteiger partial charge in [0, 0.05) is 6.42 Å².